The minimum atomic E-state index is -0.135. The van der Waals surface area contributed by atoms with Crippen LogP contribution in [-0.4, -0.2) is 21.0 Å². The Bertz CT molecular complexity index is 1130. The first-order chi connectivity index (χ1) is 17.8. The number of nitrogens with zero attached hydrogens (tertiary/aromatic N) is 2. The molecule has 1 aromatic heterocycles. The van der Waals surface area contributed by atoms with E-state index in [4.69, 9.17) is 4.98 Å². The summed E-state index contributed by atoms with van der Waals surface area (Å²) in [5.74, 6) is 1.13. The average molecular weight is 500 g/mol. The summed E-state index contributed by atoms with van der Waals surface area (Å²) in [7, 11) is 0. The molecule has 0 bridgehead atoms. The van der Waals surface area contributed by atoms with Crippen LogP contribution >= 0.6 is 0 Å². The van der Waals surface area contributed by atoms with Gasteiger partial charge in [0.2, 0.25) is 0 Å². The van der Waals surface area contributed by atoms with Gasteiger partial charge in [0.1, 0.15) is 5.75 Å². The third-order valence-corrected chi connectivity index (χ3v) is 7.58. The Kier molecular flexibility index (Phi) is 8.86. The average Bonchev–Trinajstić information content (AvgIpc) is 2.90. The molecule has 5 heteroatoms. The summed E-state index contributed by atoms with van der Waals surface area (Å²) >= 11 is 0. The molecule has 37 heavy (non-hydrogen) atoms. The second-order valence-corrected chi connectivity index (χ2v) is 10.9. The summed E-state index contributed by atoms with van der Waals surface area (Å²) in [6, 6.07) is 19.3. The molecule has 0 saturated heterocycles. The molecule has 1 heterocycles. The standard InChI is InChI=1S/C32H41N3O2/c1-22(2)27-13-10-14-28(23(3)4)30(27)34-32(37)35(21-24-16-18-26(36)19-17-24)31(25-11-6-5-7-12-25)29-15-8-9-20-33-29/h8-10,13-20,22-23,25,31,36H,5-7,11-12,21H2,1-4H3,(H,34,37). The fraction of sp³-hybridized carbons (Fsp3) is 0.438. The number of phenols is 1. The van der Waals surface area contributed by atoms with Crippen molar-refractivity contribution in [2.45, 2.75) is 84.2 Å². The van der Waals surface area contributed by atoms with E-state index in [2.05, 4.69) is 57.3 Å². The zero-order valence-electron chi connectivity index (χ0n) is 22.7. The number of carbonyl (C=O) groups excluding carboxylic acids is 1. The van der Waals surface area contributed by atoms with Crippen LogP contribution < -0.4 is 5.32 Å². The van der Waals surface area contributed by atoms with Gasteiger partial charge in [0, 0.05) is 18.4 Å². The number of aromatic hydroxyl groups is 1. The maximum Gasteiger partial charge on any atom is 0.322 e. The minimum absolute atomic E-state index is 0.107. The van der Waals surface area contributed by atoms with E-state index in [1.807, 2.05) is 35.4 Å². The molecule has 2 aromatic carbocycles. The van der Waals surface area contributed by atoms with Crippen LogP contribution in [0.2, 0.25) is 0 Å². The molecule has 4 rings (SSSR count). The van der Waals surface area contributed by atoms with Crippen molar-refractivity contribution in [2.24, 2.45) is 5.92 Å². The summed E-state index contributed by atoms with van der Waals surface area (Å²) < 4.78 is 0. The van der Waals surface area contributed by atoms with Gasteiger partial charge in [-0.3, -0.25) is 4.98 Å². The number of para-hydroxylation sites is 1. The second-order valence-electron chi connectivity index (χ2n) is 10.9. The second kappa shape index (κ2) is 12.3. The van der Waals surface area contributed by atoms with E-state index in [0.29, 0.717) is 12.5 Å². The number of hydrogen-bond acceptors (Lipinski definition) is 3. The molecule has 1 saturated carbocycles. The number of anilines is 1. The monoisotopic (exact) mass is 499 g/mol. The van der Waals surface area contributed by atoms with Crippen LogP contribution in [0.4, 0.5) is 10.5 Å². The highest BCUT2D eigenvalue weighted by molar-refractivity contribution is 5.91. The summed E-state index contributed by atoms with van der Waals surface area (Å²) in [5.41, 5.74) is 5.14. The maximum absolute atomic E-state index is 14.3. The summed E-state index contributed by atoms with van der Waals surface area (Å²) in [6.07, 6.45) is 7.59. The Labute approximate surface area is 221 Å². The van der Waals surface area contributed by atoms with Crippen molar-refractivity contribution in [3.63, 3.8) is 0 Å². The van der Waals surface area contributed by atoms with Gasteiger partial charge < -0.3 is 15.3 Å². The third kappa shape index (κ3) is 6.51. The van der Waals surface area contributed by atoms with E-state index < -0.39 is 0 Å². The number of aromatic nitrogens is 1. The van der Waals surface area contributed by atoms with Crippen molar-refractivity contribution >= 4 is 11.7 Å². The van der Waals surface area contributed by atoms with Crippen molar-refractivity contribution in [2.75, 3.05) is 5.32 Å². The number of phenolic OH excluding ortho intramolecular Hbond substituents is 1. The smallest absolute Gasteiger partial charge is 0.322 e. The van der Waals surface area contributed by atoms with Gasteiger partial charge in [0.25, 0.3) is 0 Å². The predicted octanol–water partition coefficient (Wildman–Crippen LogP) is 8.39. The molecule has 0 aliphatic heterocycles. The number of hydrogen-bond donors (Lipinski definition) is 2. The number of rotatable bonds is 8. The fourth-order valence-electron chi connectivity index (χ4n) is 5.63. The van der Waals surface area contributed by atoms with E-state index in [1.54, 1.807) is 12.1 Å². The van der Waals surface area contributed by atoms with Crippen LogP contribution in [0.5, 0.6) is 5.75 Å². The quantitative estimate of drug-likeness (QED) is 0.327. The van der Waals surface area contributed by atoms with Crippen molar-refractivity contribution in [3.05, 3.63) is 89.2 Å². The Balaban J connectivity index is 1.78. The molecular formula is C32H41N3O2. The Morgan fingerprint density at radius 2 is 1.57 bits per heavy atom. The lowest BCUT2D eigenvalue weighted by Crippen LogP contribution is -2.42. The SMILES string of the molecule is CC(C)c1cccc(C(C)C)c1NC(=O)N(Cc1ccc(O)cc1)C(c1ccccn1)C1CCCCC1. The van der Waals surface area contributed by atoms with Crippen molar-refractivity contribution < 1.29 is 9.90 Å². The number of nitrogens with one attached hydrogen (secondary N) is 1. The molecule has 2 amide bonds. The maximum atomic E-state index is 14.3. The molecule has 1 aliphatic carbocycles. The first-order valence-corrected chi connectivity index (χ1v) is 13.7. The lowest BCUT2D eigenvalue weighted by Gasteiger charge is -2.39. The van der Waals surface area contributed by atoms with Gasteiger partial charge in [-0.1, -0.05) is 83.4 Å². The first-order valence-electron chi connectivity index (χ1n) is 13.7. The Morgan fingerprint density at radius 1 is 0.919 bits per heavy atom. The van der Waals surface area contributed by atoms with Crippen LogP contribution in [0.3, 0.4) is 0 Å². The van der Waals surface area contributed by atoms with Gasteiger partial charge in [-0.05, 0) is 71.6 Å². The van der Waals surface area contributed by atoms with Crippen molar-refractivity contribution in [1.82, 2.24) is 9.88 Å². The van der Waals surface area contributed by atoms with Crippen LogP contribution in [0.25, 0.3) is 0 Å². The number of amides is 2. The lowest BCUT2D eigenvalue weighted by molar-refractivity contribution is 0.131. The minimum Gasteiger partial charge on any atom is -0.508 e. The van der Waals surface area contributed by atoms with Crippen LogP contribution in [0.15, 0.2) is 66.9 Å². The van der Waals surface area contributed by atoms with E-state index in [-0.39, 0.29) is 29.7 Å². The van der Waals surface area contributed by atoms with Gasteiger partial charge in [-0.15, -0.1) is 0 Å². The van der Waals surface area contributed by atoms with Gasteiger partial charge in [-0.25, -0.2) is 4.79 Å². The summed E-state index contributed by atoms with van der Waals surface area (Å²) in [6.45, 7) is 9.11. The molecule has 1 fully saturated rings. The Morgan fingerprint density at radius 3 is 2.14 bits per heavy atom. The zero-order valence-corrected chi connectivity index (χ0v) is 22.7. The van der Waals surface area contributed by atoms with E-state index in [1.165, 1.54) is 19.3 Å². The molecule has 0 radical (unpaired) electrons. The highest BCUT2D eigenvalue weighted by Crippen LogP contribution is 2.40. The first kappa shape index (κ1) is 26.7. The molecule has 196 valence electrons. The van der Waals surface area contributed by atoms with Crippen molar-refractivity contribution in [3.8, 4) is 5.75 Å². The van der Waals surface area contributed by atoms with E-state index in [9.17, 15) is 9.90 Å². The predicted molar refractivity (Wildman–Crippen MR) is 151 cm³/mol. The van der Waals surface area contributed by atoms with Crippen LogP contribution in [0, 0.1) is 5.92 Å². The molecule has 5 nitrogen and oxygen atoms in total. The fourth-order valence-corrected chi connectivity index (χ4v) is 5.63. The zero-order chi connectivity index (χ0) is 26.4. The number of urea groups is 1. The summed E-state index contributed by atoms with van der Waals surface area (Å²) in [4.78, 5) is 21.1. The lowest BCUT2D eigenvalue weighted by atomic mass is 9.81. The van der Waals surface area contributed by atoms with Crippen LogP contribution in [0.1, 0.15) is 100 Å². The Hall–Kier alpha value is -3.34. The molecule has 1 atom stereocenters. The molecule has 1 aliphatic rings. The topological polar surface area (TPSA) is 65.5 Å². The van der Waals surface area contributed by atoms with E-state index in [0.717, 1.165) is 40.9 Å². The molecule has 1 unspecified atom stereocenters. The number of carbonyl (C=O) groups is 1. The normalized spacial score (nSPS) is 15.1. The number of pyridine rings is 1. The largest absolute Gasteiger partial charge is 0.508 e. The van der Waals surface area contributed by atoms with Gasteiger partial charge in [-0.2, -0.15) is 0 Å². The van der Waals surface area contributed by atoms with Gasteiger partial charge in [0.15, 0.2) is 0 Å². The highest BCUT2D eigenvalue weighted by atomic mass is 16.3. The summed E-state index contributed by atoms with van der Waals surface area (Å²) in [5, 5.41) is 13.2. The molecule has 3 aromatic rings. The van der Waals surface area contributed by atoms with Crippen LogP contribution in [-0.2, 0) is 6.54 Å². The molecular weight excluding hydrogens is 458 g/mol. The molecule has 0 spiro atoms. The number of benzene rings is 2. The van der Waals surface area contributed by atoms with Gasteiger partial charge in [0.05, 0.1) is 11.7 Å². The third-order valence-electron chi connectivity index (χ3n) is 7.58. The van der Waals surface area contributed by atoms with Crippen molar-refractivity contribution in [1.29, 1.82) is 0 Å². The molecule has 2 N–H and O–H groups in total. The van der Waals surface area contributed by atoms with E-state index >= 15 is 0 Å². The highest BCUT2D eigenvalue weighted by Gasteiger charge is 2.34. The van der Waals surface area contributed by atoms with Gasteiger partial charge >= 0.3 is 6.03 Å².